The number of nitrogens with one attached hydrogen (secondary N) is 1. The van der Waals surface area contributed by atoms with Crippen molar-refractivity contribution in [3.63, 3.8) is 0 Å². The molecule has 1 fully saturated rings. The first kappa shape index (κ1) is 13.5. The third-order valence-electron chi connectivity index (χ3n) is 3.32. The van der Waals surface area contributed by atoms with E-state index in [1.807, 2.05) is 13.8 Å². The van der Waals surface area contributed by atoms with Gasteiger partial charge in [0, 0.05) is 32.0 Å². The van der Waals surface area contributed by atoms with Crippen LogP contribution in [0.25, 0.3) is 0 Å². The second-order valence-corrected chi connectivity index (χ2v) is 5.00. The van der Waals surface area contributed by atoms with Gasteiger partial charge >= 0.3 is 0 Å². The zero-order valence-corrected chi connectivity index (χ0v) is 11.2. The molecule has 2 aliphatic rings. The Morgan fingerprint density at radius 2 is 2.00 bits per heavy atom. The number of nitrogens with zero attached hydrogens (tertiary/aromatic N) is 3. The summed E-state index contributed by atoms with van der Waals surface area (Å²) >= 11 is 0. The Balaban J connectivity index is 1.99. The molecule has 0 aromatic rings. The van der Waals surface area contributed by atoms with E-state index in [1.165, 1.54) is 4.90 Å². The Kier molecular flexibility index (Phi) is 3.82. The Labute approximate surface area is 111 Å². The van der Waals surface area contributed by atoms with Crippen molar-refractivity contribution >= 4 is 23.4 Å². The summed E-state index contributed by atoms with van der Waals surface area (Å²) in [6.07, 6.45) is 0.605. The van der Waals surface area contributed by atoms with E-state index < -0.39 is 0 Å². The lowest BCUT2D eigenvalue weighted by molar-refractivity contribution is -0.143. The monoisotopic (exact) mass is 266 g/mol. The molecule has 19 heavy (non-hydrogen) atoms. The molecule has 1 saturated heterocycles. The van der Waals surface area contributed by atoms with Crippen LogP contribution in [-0.4, -0.2) is 58.9 Å². The van der Waals surface area contributed by atoms with Crippen LogP contribution in [-0.2, 0) is 14.4 Å². The number of piperazine rings is 1. The van der Waals surface area contributed by atoms with Crippen LogP contribution in [0.15, 0.2) is 5.10 Å². The largest absolute Gasteiger partial charge is 0.337 e. The van der Waals surface area contributed by atoms with Crippen molar-refractivity contribution in [2.24, 2.45) is 5.10 Å². The molecule has 2 rings (SSSR count). The van der Waals surface area contributed by atoms with Gasteiger partial charge in [-0.25, -0.2) is 5.43 Å². The van der Waals surface area contributed by atoms with Gasteiger partial charge in [-0.15, -0.1) is 0 Å². The van der Waals surface area contributed by atoms with Crippen LogP contribution in [0.3, 0.4) is 0 Å². The fourth-order valence-corrected chi connectivity index (χ4v) is 2.22. The fraction of sp³-hybridized carbons (Fsp3) is 0.667. The molecule has 0 aromatic carbocycles. The van der Waals surface area contributed by atoms with E-state index in [0.717, 1.165) is 0 Å². The molecule has 1 N–H and O–H groups in total. The molecule has 0 bridgehead atoms. The number of carbonyl (C=O) groups excluding carboxylic acids is 3. The predicted octanol–water partition coefficient (Wildman–Crippen LogP) is -0.668. The first-order valence-corrected chi connectivity index (χ1v) is 6.43. The molecular weight excluding hydrogens is 248 g/mol. The maximum Gasteiger partial charge on any atom is 0.270 e. The van der Waals surface area contributed by atoms with Crippen LogP contribution in [0.4, 0.5) is 0 Å². The van der Waals surface area contributed by atoms with Crippen molar-refractivity contribution in [3.8, 4) is 0 Å². The fourth-order valence-electron chi connectivity index (χ4n) is 2.22. The smallest absolute Gasteiger partial charge is 0.270 e. The summed E-state index contributed by atoms with van der Waals surface area (Å²) in [5.74, 6) is -0.482. The lowest BCUT2D eigenvalue weighted by Gasteiger charge is -2.36. The van der Waals surface area contributed by atoms with E-state index >= 15 is 0 Å². The summed E-state index contributed by atoms with van der Waals surface area (Å²) in [5.41, 5.74) is 2.62. The van der Waals surface area contributed by atoms with Crippen LogP contribution >= 0.6 is 0 Å². The summed E-state index contributed by atoms with van der Waals surface area (Å²) in [4.78, 5) is 38.3. The van der Waals surface area contributed by atoms with Gasteiger partial charge in [0.05, 0.1) is 0 Å². The van der Waals surface area contributed by atoms with Gasteiger partial charge in [0.25, 0.3) is 5.91 Å². The molecule has 104 valence electrons. The Morgan fingerprint density at radius 3 is 2.53 bits per heavy atom. The van der Waals surface area contributed by atoms with Crippen LogP contribution in [0.5, 0.6) is 0 Å². The minimum Gasteiger partial charge on any atom is -0.337 e. The molecule has 3 amide bonds. The number of hydrogen-bond acceptors (Lipinski definition) is 4. The standard InChI is InChI=1S/C12H18N4O3/c1-8(2)16-6-5-15(7-11(16)18)12(19)9-3-4-10(17)14-13-9/h8H,3-7H2,1-2H3,(H,14,17). The quantitative estimate of drug-likeness (QED) is 0.719. The Bertz CT molecular complexity index is 444. The zero-order chi connectivity index (χ0) is 14.0. The van der Waals surface area contributed by atoms with Gasteiger partial charge in [-0.2, -0.15) is 5.10 Å². The maximum absolute atomic E-state index is 12.2. The summed E-state index contributed by atoms with van der Waals surface area (Å²) in [7, 11) is 0. The summed E-state index contributed by atoms with van der Waals surface area (Å²) < 4.78 is 0. The van der Waals surface area contributed by atoms with Crippen LogP contribution < -0.4 is 5.43 Å². The van der Waals surface area contributed by atoms with E-state index in [9.17, 15) is 14.4 Å². The number of hydrazone groups is 1. The molecule has 0 radical (unpaired) electrons. The Hall–Kier alpha value is -1.92. The maximum atomic E-state index is 12.2. The second-order valence-electron chi connectivity index (χ2n) is 5.00. The SMILES string of the molecule is CC(C)N1CCN(C(=O)C2=NNC(=O)CC2)CC1=O. The number of rotatable bonds is 2. The third-order valence-corrected chi connectivity index (χ3v) is 3.32. The second kappa shape index (κ2) is 5.38. The predicted molar refractivity (Wildman–Crippen MR) is 68.2 cm³/mol. The van der Waals surface area contributed by atoms with Crippen LogP contribution in [0, 0.1) is 0 Å². The molecule has 2 aliphatic heterocycles. The minimum absolute atomic E-state index is 0.0463. The van der Waals surface area contributed by atoms with E-state index in [2.05, 4.69) is 10.5 Å². The van der Waals surface area contributed by atoms with E-state index in [4.69, 9.17) is 0 Å². The highest BCUT2D eigenvalue weighted by Gasteiger charge is 2.31. The highest BCUT2D eigenvalue weighted by molar-refractivity contribution is 6.39. The average molecular weight is 266 g/mol. The molecule has 0 aliphatic carbocycles. The highest BCUT2D eigenvalue weighted by Crippen LogP contribution is 2.10. The molecule has 0 unspecified atom stereocenters. The highest BCUT2D eigenvalue weighted by atomic mass is 16.2. The topological polar surface area (TPSA) is 82.1 Å². The van der Waals surface area contributed by atoms with Gasteiger partial charge in [0.2, 0.25) is 11.8 Å². The first-order chi connectivity index (χ1) is 8.99. The van der Waals surface area contributed by atoms with Gasteiger partial charge in [-0.1, -0.05) is 0 Å². The van der Waals surface area contributed by atoms with Crippen molar-refractivity contribution in [1.82, 2.24) is 15.2 Å². The zero-order valence-electron chi connectivity index (χ0n) is 11.2. The van der Waals surface area contributed by atoms with Gasteiger partial charge in [-0.05, 0) is 13.8 Å². The van der Waals surface area contributed by atoms with Crippen LogP contribution in [0.1, 0.15) is 26.7 Å². The van der Waals surface area contributed by atoms with Crippen molar-refractivity contribution in [1.29, 1.82) is 0 Å². The lowest BCUT2D eigenvalue weighted by atomic mass is 10.1. The normalized spacial score (nSPS) is 20.5. The average Bonchev–Trinajstić information content (AvgIpc) is 2.38. The van der Waals surface area contributed by atoms with E-state index in [0.29, 0.717) is 25.2 Å². The molecule has 2 heterocycles. The van der Waals surface area contributed by atoms with Crippen molar-refractivity contribution < 1.29 is 14.4 Å². The van der Waals surface area contributed by atoms with Gasteiger partial charge in [0.15, 0.2) is 0 Å². The van der Waals surface area contributed by atoms with Crippen LogP contribution in [0.2, 0.25) is 0 Å². The lowest BCUT2D eigenvalue weighted by Crippen LogP contribution is -2.55. The summed E-state index contributed by atoms with van der Waals surface area (Å²) in [5, 5.41) is 3.77. The molecule has 0 atom stereocenters. The molecule has 7 heteroatoms. The summed E-state index contributed by atoms with van der Waals surface area (Å²) in [6, 6.07) is 0.149. The molecule has 0 spiro atoms. The van der Waals surface area contributed by atoms with Crippen molar-refractivity contribution in [2.75, 3.05) is 19.6 Å². The van der Waals surface area contributed by atoms with Gasteiger partial charge < -0.3 is 9.80 Å². The number of hydrogen-bond donors (Lipinski definition) is 1. The van der Waals surface area contributed by atoms with E-state index in [-0.39, 0.29) is 36.7 Å². The molecule has 7 nitrogen and oxygen atoms in total. The first-order valence-electron chi connectivity index (χ1n) is 6.43. The molecule has 0 aromatic heterocycles. The molecular formula is C12H18N4O3. The number of amides is 3. The minimum atomic E-state index is -0.253. The Morgan fingerprint density at radius 1 is 1.26 bits per heavy atom. The third kappa shape index (κ3) is 2.91. The summed E-state index contributed by atoms with van der Waals surface area (Å²) in [6.45, 7) is 5.05. The van der Waals surface area contributed by atoms with Crippen molar-refractivity contribution in [3.05, 3.63) is 0 Å². The van der Waals surface area contributed by atoms with Crippen molar-refractivity contribution in [2.45, 2.75) is 32.7 Å². The van der Waals surface area contributed by atoms with E-state index in [1.54, 1.807) is 4.90 Å². The van der Waals surface area contributed by atoms with Gasteiger partial charge in [-0.3, -0.25) is 14.4 Å². The molecule has 0 saturated carbocycles. The number of carbonyl (C=O) groups is 3. The van der Waals surface area contributed by atoms with Gasteiger partial charge in [0.1, 0.15) is 12.3 Å².